The smallest absolute Gasteiger partial charge is 0.277 e. The number of ether oxygens (including phenoxy) is 1. The first-order chi connectivity index (χ1) is 8.77. The second kappa shape index (κ2) is 6.31. The van der Waals surface area contributed by atoms with Crippen molar-refractivity contribution in [1.29, 1.82) is 0 Å². The molecule has 0 bridgehead atoms. The summed E-state index contributed by atoms with van der Waals surface area (Å²) in [6.07, 6.45) is 0.872. The maximum absolute atomic E-state index is 11.6. The topological polar surface area (TPSA) is 107 Å². The highest BCUT2D eigenvalue weighted by Gasteiger charge is 2.15. The lowest BCUT2D eigenvalue weighted by Crippen LogP contribution is -2.38. The van der Waals surface area contributed by atoms with Crippen LogP contribution in [0.1, 0.15) is 16.9 Å². The molecular weight excluding hydrogens is 238 g/mol. The Bertz CT molecular complexity index is 389. The minimum absolute atomic E-state index is 0.0145. The molecule has 18 heavy (non-hydrogen) atoms. The molecule has 1 aromatic rings. The monoisotopic (exact) mass is 255 g/mol. The molecule has 8 nitrogen and oxygen atoms in total. The molecule has 1 fully saturated rings. The van der Waals surface area contributed by atoms with Crippen molar-refractivity contribution in [3.63, 3.8) is 0 Å². The van der Waals surface area contributed by atoms with E-state index in [0.29, 0.717) is 6.54 Å². The summed E-state index contributed by atoms with van der Waals surface area (Å²) in [5.74, 6) is -0.337. The van der Waals surface area contributed by atoms with Gasteiger partial charge in [0.15, 0.2) is 0 Å². The standard InChI is InChI=1S/C10H17N5O3/c11-9-8(13-18-14-9)10(16)12-2-1-3-15-4-6-17-7-5-15/h1-7H2,(H2,11,14)(H,12,16). The van der Waals surface area contributed by atoms with Gasteiger partial charge in [0.05, 0.1) is 13.2 Å². The average Bonchev–Trinajstić information content (AvgIpc) is 2.82. The zero-order valence-electron chi connectivity index (χ0n) is 10.1. The molecule has 1 amide bonds. The van der Waals surface area contributed by atoms with Crippen molar-refractivity contribution in [1.82, 2.24) is 20.5 Å². The molecule has 0 radical (unpaired) electrons. The highest BCUT2D eigenvalue weighted by Crippen LogP contribution is 2.03. The van der Waals surface area contributed by atoms with Crippen molar-refractivity contribution < 1.29 is 14.2 Å². The Morgan fingerprint density at radius 1 is 1.39 bits per heavy atom. The van der Waals surface area contributed by atoms with Gasteiger partial charge in [0.2, 0.25) is 11.5 Å². The van der Waals surface area contributed by atoms with E-state index < -0.39 is 0 Å². The number of nitrogens with one attached hydrogen (secondary N) is 1. The van der Waals surface area contributed by atoms with Crippen LogP contribution in [0.5, 0.6) is 0 Å². The molecule has 0 atom stereocenters. The molecule has 1 saturated heterocycles. The summed E-state index contributed by atoms with van der Waals surface area (Å²) in [7, 11) is 0. The number of nitrogen functional groups attached to an aromatic ring is 1. The van der Waals surface area contributed by atoms with Crippen LogP contribution in [-0.2, 0) is 4.74 Å². The number of carbonyl (C=O) groups is 1. The van der Waals surface area contributed by atoms with Crippen LogP contribution < -0.4 is 11.1 Å². The zero-order valence-corrected chi connectivity index (χ0v) is 10.1. The van der Waals surface area contributed by atoms with E-state index in [0.717, 1.165) is 39.3 Å². The predicted octanol–water partition coefficient (Wildman–Crippen LogP) is -0.896. The number of amides is 1. The number of hydrogen-bond acceptors (Lipinski definition) is 7. The molecule has 0 aromatic carbocycles. The molecule has 8 heteroatoms. The van der Waals surface area contributed by atoms with Crippen LogP contribution in [0.2, 0.25) is 0 Å². The SMILES string of the molecule is Nc1nonc1C(=O)NCCCN1CCOCC1. The molecule has 0 unspecified atom stereocenters. The first-order valence-electron chi connectivity index (χ1n) is 5.93. The third-order valence-electron chi connectivity index (χ3n) is 2.77. The number of carbonyl (C=O) groups excluding carboxylic acids is 1. The van der Waals surface area contributed by atoms with Gasteiger partial charge < -0.3 is 15.8 Å². The number of rotatable bonds is 5. The fraction of sp³-hybridized carbons (Fsp3) is 0.700. The lowest BCUT2D eigenvalue weighted by molar-refractivity contribution is 0.0374. The lowest BCUT2D eigenvalue weighted by atomic mass is 10.3. The van der Waals surface area contributed by atoms with E-state index in [4.69, 9.17) is 10.5 Å². The molecule has 1 aliphatic heterocycles. The number of anilines is 1. The van der Waals surface area contributed by atoms with Crippen LogP contribution >= 0.6 is 0 Å². The van der Waals surface area contributed by atoms with Crippen LogP contribution in [0.25, 0.3) is 0 Å². The maximum atomic E-state index is 11.6. The summed E-state index contributed by atoms with van der Waals surface area (Å²) in [6, 6.07) is 0. The first-order valence-corrected chi connectivity index (χ1v) is 5.93. The number of nitrogens with zero attached hydrogens (tertiary/aromatic N) is 3. The Balaban J connectivity index is 1.63. The van der Waals surface area contributed by atoms with E-state index >= 15 is 0 Å². The molecule has 1 aromatic heterocycles. The predicted molar refractivity (Wildman–Crippen MR) is 62.9 cm³/mol. The van der Waals surface area contributed by atoms with Gasteiger partial charge in [-0.25, -0.2) is 4.63 Å². The van der Waals surface area contributed by atoms with Crippen LogP contribution in [0.4, 0.5) is 5.82 Å². The van der Waals surface area contributed by atoms with Gasteiger partial charge in [0, 0.05) is 19.6 Å². The van der Waals surface area contributed by atoms with Gasteiger partial charge in [-0.2, -0.15) is 0 Å². The summed E-state index contributed by atoms with van der Waals surface area (Å²) in [5.41, 5.74) is 5.46. The van der Waals surface area contributed by atoms with E-state index in [9.17, 15) is 4.79 Å². The molecule has 2 rings (SSSR count). The molecule has 0 aliphatic carbocycles. The van der Waals surface area contributed by atoms with Crippen LogP contribution in [0.15, 0.2) is 4.63 Å². The van der Waals surface area contributed by atoms with Crippen molar-refractivity contribution in [2.75, 3.05) is 45.1 Å². The highest BCUT2D eigenvalue weighted by atomic mass is 16.6. The van der Waals surface area contributed by atoms with E-state index in [1.165, 1.54) is 0 Å². The average molecular weight is 255 g/mol. The van der Waals surface area contributed by atoms with Crippen molar-refractivity contribution >= 4 is 11.7 Å². The Labute approximate surface area is 104 Å². The van der Waals surface area contributed by atoms with E-state index in [1.54, 1.807) is 0 Å². The molecule has 0 spiro atoms. The second-order valence-corrected chi connectivity index (χ2v) is 4.06. The third kappa shape index (κ3) is 3.41. The van der Waals surface area contributed by atoms with E-state index in [2.05, 4.69) is 25.2 Å². The molecule has 0 saturated carbocycles. The lowest BCUT2D eigenvalue weighted by Gasteiger charge is -2.26. The van der Waals surface area contributed by atoms with E-state index in [-0.39, 0.29) is 17.4 Å². The Kier molecular flexibility index (Phi) is 4.48. The van der Waals surface area contributed by atoms with Crippen molar-refractivity contribution in [3.05, 3.63) is 5.69 Å². The third-order valence-corrected chi connectivity index (χ3v) is 2.77. The fourth-order valence-corrected chi connectivity index (χ4v) is 1.77. The molecule has 1 aliphatic rings. The molecule has 2 heterocycles. The van der Waals surface area contributed by atoms with Gasteiger partial charge in [0.1, 0.15) is 0 Å². The van der Waals surface area contributed by atoms with Gasteiger partial charge in [-0.1, -0.05) is 0 Å². The van der Waals surface area contributed by atoms with Crippen LogP contribution in [-0.4, -0.2) is 60.5 Å². The first kappa shape index (κ1) is 12.8. The van der Waals surface area contributed by atoms with Crippen LogP contribution in [0, 0.1) is 0 Å². The minimum Gasteiger partial charge on any atom is -0.379 e. The minimum atomic E-state index is -0.351. The van der Waals surface area contributed by atoms with Gasteiger partial charge in [-0.3, -0.25) is 9.69 Å². The van der Waals surface area contributed by atoms with Crippen LogP contribution in [0.3, 0.4) is 0 Å². The molecule has 100 valence electrons. The quantitative estimate of drug-likeness (QED) is 0.657. The largest absolute Gasteiger partial charge is 0.379 e. The van der Waals surface area contributed by atoms with E-state index in [1.807, 2.05) is 0 Å². The summed E-state index contributed by atoms with van der Waals surface area (Å²) < 4.78 is 9.62. The number of morpholine rings is 1. The van der Waals surface area contributed by atoms with Gasteiger partial charge >= 0.3 is 0 Å². The van der Waals surface area contributed by atoms with Crippen molar-refractivity contribution in [3.8, 4) is 0 Å². The van der Waals surface area contributed by atoms with Gasteiger partial charge in [-0.05, 0) is 23.3 Å². The number of nitrogens with two attached hydrogens (primary N) is 1. The Hall–Kier alpha value is -1.67. The summed E-state index contributed by atoms with van der Waals surface area (Å²) in [6.45, 7) is 4.99. The number of aromatic nitrogens is 2. The van der Waals surface area contributed by atoms with Gasteiger partial charge in [0.25, 0.3) is 5.91 Å². The second-order valence-electron chi connectivity index (χ2n) is 4.06. The maximum Gasteiger partial charge on any atom is 0.277 e. The molecule has 3 N–H and O–H groups in total. The van der Waals surface area contributed by atoms with Crippen molar-refractivity contribution in [2.24, 2.45) is 0 Å². The highest BCUT2D eigenvalue weighted by molar-refractivity contribution is 5.95. The zero-order chi connectivity index (χ0) is 12.8. The molecular formula is C10H17N5O3. The fourth-order valence-electron chi connectivity index (χ4n) is 1.77. The number of hydrogen-bond donors (Lipinski definition) is 2. The summed E-state index contributed by atoms with van der Waals surface area (Å²) in [5, 5.41) is 9.51. The summed E-state index contributed by atoms with van der Waals surface area (Å²) >= 11 is 0. The van der Waals surface area contributed by atoms with Gasteiger partial charge in [-0.15, -0.1) is 0 Å². The van der Waals surface area contributed by atoms with Crippen molar-refractivity contribution in [2.45, 2.75) is 6.42 Å². The summed E-state index contributed by atoms with van der Waals surface area (Å²) in [4.78, 5) is 13.9. The normalized spacial score (nSPS) is 16.7. The Morgan fingerprint density at radius 3 is 2.83 bits per heavy atom. The Morgan fingerprint density at radius 2 is 2.17 bits per heavy atom.